The predicted molar refractivity (Wildman–Crippen MR) is 98.3 cm³/mol. The zero-order valence-electron chi connectivity index (χ0n) is 14.0. The quantitative estimate of drug-likeness (QED) is 0.667. The average Bonchev–Trinajstić information content (AvgIpc) is 3.27. The maximum absolute atomic E-state index is 12.3. The van der Waals surface area contributed by atoms with Crippen molar-refractivity contribution in [1.29, 1.82) is 0 Å². The molecular formula is C18H20N4O2S. The Morgan fingerprint density at radius 3 is 2.76 bits per heavy atom. The smallest absolute Gasteiger partial charge is 0.257 e. The van der Waals surface area contributed by atoms with Crippen molar-refractivity contribution in [2.24, 2.45) is 0 Å². The highest BCUT2D eigenvalue weighted by Gasteiger charge is 2.15. The third-order valence-corrected chi connectivity index (χ3v) is 4.38. The molecule has 3 aromatic rings. The van der Waals surface area contributed by atoms with Crippen LogP contribution in [-0.2, 0) is 11.3 Å². The van der Waals surface area contributed by atoms with Crippen molar-refractivity contribution in [2.75, 3.05) is 18.4 Å². The van der Waals surface area contributed by atoms with E-state index < -0.39 is 0 Å². The monoisotopic (exact) mass is 356 g/mol. The lowest BCUT2D eigenvalue weighted by Gasteiger charge is -2.19. The molecule has 0 fully saturated rings. The molecule has 0 aliphatic carbocycles. The van der Waals surface area contributed by atoms with Crippen molar-refractivity contribution in [1.82, 2.24) is 15.1 Å². The lowest BCUT2D eigenvalue weighted by atomic mass is 10.3. The molecular weight excluding hydrogens is 336 g/mol. The van der Waals surface area contributed by atoms with Crippen molar-refractivity contribution in [3.8, 4) is 10.8 Å². The highest BCUT2D eigenvalue weighted by Crippen LogP contribution is 2.23. The summed E-state index contributed by atoms with van der Waals surface area (Å²) in [4.78, 5) is 15.2. The number of para-hydroxylation sites is 1. The van der Waals surface area contributed by atoms with Gasteiger partial charge in [0.25, 0.3) is 5.89 Å². The first-order valence-electron chi connectivity index (χ1n) is 8.18. The van der Waals surface area contributed by atoms with Gasteiger partial charge in [0.15, 0.2) is 0 Å². The maximum Gasteiger partial charge on any atom is 0.257 e. The number of aromatic nitrogens is 2. The summed E-state index contributed by atoms with van der Waals surface area (Å²) in [5, 5.41) is 13.1. The SMILES string of the molecule is CCCN(CC(=O)Nc1ccccc1)Cc1nnc(-c2cccs2)o1. The normalized spacial score (nSPS) is 11.0. The number of anilines is 1. The number of rotatable bonds is 8. The van der Waals surface area contributed by atoms with Crippen molar-refractivity contribution in [3.63, 3.8) is 0 Å². The summed E-state index contributed by atoms with van der Waals surface area (Å²) in [5.41, 5.74) is 0.793. The van der Waals surface area contributed by atoms with E-state index in [0.29, 0.717) is 18.3 Å². The number of benzene rings is 1. The van der Waals surface area contributed by atoms with E-state index in [0.717, 1.165) is 23.5 Å². The summed E-state index contributed by atoms with van der Waals surface area (Å²) >= 11 is 1.56. The second-order valence-corrected chi connectivity index (χ2v) is 6.55. The number of amides is 1. The van der Waals surface area contributed by atoms with E-state index in [4.69, 9.17) is 4.42 Å². The summed E-state index contributed by atoms with van der Waals surface area (Å²) in [6.45, 7) is 3.58. The Hall–Kier alpha value is -2.51. The van der Waals surface area contributed by atoms with Crippen LogP contribution in [0.5, 0.6) is 0 Å². The molecule has 2 heterocycles. The summed E-state index contributed by atoms with van der Waals surface area (Å²) in [7, 11) is 0. The molecule has 130 valence electrons. The van der Waals surface area contributed by atoms with Gasteiger partial charge >= 0.3 is 0 Å². The van der Waals surface area contributed by atoms with Crippen LogP contribution in [0.1, 0.15) is 19.2 Å². The molecule has 0 radical (unpaired) electrons. The molecule has 2 aromatic heterocycles. The summed E-state index contributed by atoms with van der Waals surface area (Å²) < 4.78 is 5.72. The standard InChI is InChI=1S/C18H20N4O2S/c1-2-10-22(12-16(23)19-14-7-4-3-5-8-14)13-17-20-21-18(24-17)15-9-6-11-25-15/h3-9,11H,2,10,12-13H2,1H3,(H,19,23). The molecule has 7 heteroatoms. The van der Waals surface area contributed by atoms with Gasteiger partial charge in [-0.05, 0) is 36.5 Å². The molecule has 25 heavy (non-hydrogen) atoms. The molecule has 0 saturated carbocycles. The van der Waals surface area contributed by atoms with Crippen LogP contribution in [0, 0.1) is 0 Å². The molecule has 3 rings (SSSR count). The molecule has 1 aromatic carbocycles. The van der Waals surface area contributed by atoms with Gasteiger partial charge in [0.2, 0.25) is 11.8 Å². The lowest BCUT2D eigenvalue weighted by molar-refractivity contribution is -0.117. The zero-order chi connectivity index (χ0) is 17.5. The van der Waals surface area contributed by atoms with Gasteiger partial charge in [0.1, 0.15) is 0 Å². The number of carbonyl (C=O) groups excluding carboxylic acids is 1. The van der Waals surface area contributed by atoms with E-state index in [1.54, 1.807) is 11.3 Å². The molecule has 6 nitrogen and oxygen atoms in total. The highest BCUT2D eigenvalue weighted by molar-refractivity contribution is 7.13. The van der Waals surface area contributed by atoms with Crippen LogP contribution in [0.2, 0.25) is 0 Å². The molecule has 0 atom stereocenters. The van der Waals surface area contributed by atoms with E-state index in [2.05, 4.69) is 22.4 Å². The third kappa shape index (κ3) is 4.98. The highest BCUT2D eigenvalue weighted by atomic mass is 32.1. The maximum atomic E-state index is 12.3. The van der Waals surface area contributed by atoms with Gasteiger partial charge < -0.3 is 9.73 Å². The van der Waals surface area contributed by atoms with Gasteiger partial charge in [-0.1, -0.05) is 31.2 Å². The Bertz CT molecular complexity index is 787. The second kappa shape index (κ2) is 8.55. The summed E-state index contributed by atoms with van der Waals surface area (Å²) in [6, 6.07) is 13.3. The van der Waals surface area contributed by atoms with E-state index >= 15 is 0 Å². The lowest BCUT2D eigenvalue weighted by Crippen LogP contribution is -2.33. The van der Waals surface area contributed by atoms with Crippen LogP contribution < -0.4 is 5.32 Å². The van der Waals surface area contributed by atoms with Gasteiger partial charge in [-0.2, -0.15) is 0 Å². The minimum Gasteiger partial charge on any atom is -0.419 e. The Morgan fingerprint density at radius 2 is 2.04 bits per heavy atom. The first-order valence-corrected chi connectivity index (χ1v) is 9.06. The minimum atomic E-state index is -0.0577. The first kappa shape index (κ1) is 17.3. The minimum absolute atomic E-state index is 0.0577. The first-order chi connectivity index (χ1) is 12.2. The van der Waals surface area contributed by atoms with E-state index in [-0.39, 0.29) is 12.5 Å². The second-order valence-electron chi connectivity index (χ2n) is 5.60. The fourth-order valence-corrected chi connectivity index (χ4v) is 3.11. The van der Waals surface area contributed by atoms with Crippen LogP contribution in [-0.4, -0.2) is 34.1 Å². The van der Waals surface area contributed by atoms with Gasteiger partial charge in [-0.15, -0.1) is 21.5 Å². The molecule has 1 amide bonds. The van der Waals surface area contributed by atoms with Gasteiger partial charge in [0, 0.05) is 5.69 Å². The number of hydrogen-bond acceptors (Lipinski definition) is 6. The number of nitrogens with one attached hydrogen (secondary N) is 1. The van der Waals surface area contributed by atoms with Gasteiger partial charge in [-0.3, -0.25) is 9.69 Å². The summed E-state index contributed by atoms with van der Waals surface area (Å²) in [5.74, 6) is 0.984. The Morgan fingerprint density at radius 1 is 1.20 bits per heavy atom. The van der Waals surface area contributed by atoms with E-state index in [1.165, 1.54) is 0 Å². The molecule has 0 aliphatic heterocycles. The van der Waals surface area contributed by atoms with Crippen molar-refractivity contribution < 1.29 is 9.21 Å². The van der Waals surface area contributed by atoms with Crippen molar-refractivity contribution in [3.05, 3.63) is 53.7 Å². The molecule has 0 spiro atoms. The van der Waals surface area contributed by atoms with Gasteiger partial charge in [-0.25, -0.2) is 0 Å². The van der Waals surface area contributed by atoms with Crippen molar-refractivity contribution >= 4 is 22.9 Å². The van der Waals surface area contributed by atoms with E-state index in [9.17, 15) is 4.79 Å². The summed E-state index contributed by atoms with van der Waals surface area (Å²) in [6.07, 6.45) is 0.935. The third-order valence-electron chi connectivity index (χ3n) is 3.52. The van der Waals surface area contributed by atoms with Crippen LogP contribution in [0.25, 0.3) is 10.8 Å². The number of nitrogens with zero attached hydrogens (tertiary/aromatic N) is 3. The fourth-order valence-electron chi connectivity index (χ4n) is 2.46. The zero-order valence-corrected chi connectivity index (χ0v) is 14.8. The number of carbonyl (C=O) groups is 1. The largest absolute Gasteiger partial charge is 0.419 e. The van der Waals surface area contributed by atoms with Crippen LogP contribution >= 0.6 is 11.3 Å². The number of hydrogen-bond donors (Lipinski definition) is 1. The Kier molecular flexibility index (Phi) is 5.92. The molecule has 0 bridgehead atoms. The van der Waals surface area contributed by atoms with Crippen molar-refractivity contribution in [2.45, 2.75) is 19.9 Å². The van der Waals surface area contributed by atoms with E-state index in [1.807, 2.05) is 52.7 Å². The topological polar surface area (TPSA) is 71.3 Å². The average molecular weight is 356 g/mol. The molecule has 0 saturated heterocycles. The Balaban J connectivity index is 1.60. The molecule has 0 unspecified atom stereocenters. The fraction of sp³-hybridized carbons (Fsp3) is 0.278. The van der Waals surface area contributed by atoms with Gasteiger partial charge in [0.05, 0.1) is 18.0 Å². The van der Waals surface area contributed by atoms with Crippen LogP contribution in [0.15, 0.2) is 52.3 Å². The molecule has 0 aliphatic rings. The van der Waals surface area contributed by atoms with Crippen LogP contribution in [0.4, 0.5) is 5.69 Å². The van der Waals surface area contributed by atoms with Crippen LogP contribution in [0.3, 0.4) is 0 Å². The Labute approximate surface area is 150 Å². The number of thiophene rings is 1. The predicted octanol–water partition coefficient (Wildman–Crippen LogP) is 3.65. The molecule has 1 N–H and O–H groups in total.